The first-order valence-corrected chi connectivity index (χ1v) is 7.55. The Morgan fingerprint density at radius 3 is 2.63 bits per heavy atom. The van der Waals surface area contributed by atoms with Gasteiger partial charge in [0, 0.05) is 32.7 Å². The van der Waals surface area contributed by atoms with Gasteiger partial charge in [0.05, 0.1) is 10.7 Å². The predicted molar refractivity (Wildman–Crippen MR) is 81.4 cm³/mol. The summed E-state index contributed by atoms with van der Waals surface area (Å²) in [7, 11) is 2.18. The van der Waals surface area contributed by atoms with Gasteiger partial charge >= 0.3 is 0 Å². The van der Waals surface area contributed by atoms with Gasteiger partial charge in [0.1, 0.15) is 0 Å². The van der Waals surface area contributed by atoms with E-state index in [0.717, 1.165) is 44.3 Å². The first kappa shape index (κ1) is 13.2. The Morgan fingerprint density at radius 2 is 2.00 bits per heavy atom. The number of benzene rings is 1. The Labute approximate surface area is 120 Å². The topological polar surface area (TPSA) is 18.5 Å². The van der Waals surface area contributed by atoms with Crippen LogP contribution in [-0.2, 0) is 0 Å². The Morgan fingerprint density at radius 1 is 1.21 bits per heavy atom. The molecule has 2 fully saturated rings. The molecule has 0 bridgehead atoms. The third-order valence-corrected chi connectivity index (χ3v) is 4.65. The van der Waals surface area contributed by atoms with Gasteiger partial charge in [0.2, 0.25) is 0 Å². The molecule has 0 amide bonds. The molecule has 1 aromatic rings. The Balaban J connectivity index is 1.75. The van der Waals surface area contributed by atoms with Crippen LogP contribution in [0.15, 0.2) is 18.2 Å². The van der Waals surface area contributed by atoms with E-state index >= 15 is 0 Å². The highest BCUT2D eigenvalue weighted by Gasteiger charge is 2.20. The summed E-state index contributed by atoms with van der Waals surface area (Å²) in [5, 5.41) is 4.33. The molecule has 4 heteroatoms. The summed E-state index contributed by atoms with van der Waals surface area (Å²) in [6.07, 6.45) is 1.23. The minimum absolute atomic E-state index is 0.638. The van der Waals surface area contributed by atoms with Crippen LogP contribution in [-0.4, -0.2) is 51.2 Å². The molecule has 19 heavy (non-hydrogen) atoms. The highest BCUT2D eigenvalue weighted by Crippen LogP contribution is 2.32. The van der Waals surface area contributed by atoms with Gasteiger partial charge in [-0.2, -0.15) is 0 Å². The SMILES string of the molecule is CN1CCN(c2ccc(C3CCNC3)cc2Cl)CC1. The molecule has 2 aliphatic heterocycles. The maximum atomic E-state index is 6.50. The summed E-state index contributed by atoms with van der Waals surface area (Å²) >= 11 is 6.50. The lowest BCUT2D eigenvalue weighted by molar-refractivity contribution is 0.313. The maximum absolute atomic E-state index is 6.50. The lowest BCUT2D eigenvalue weighted by Crippen LogP contribution is -2.44. The van der Waals surface area contributed by atoms with Crippen LogP contribution in [0.1, 0.15) is 17.9 Å². The minimum atomic E-state index is 0.638. The highest BCUT2D eigenvalue weighted by atomic mass is 35.5. The third kappa shape index (κ3) is 2.88. The summed E-state index contributed by atoms with van der Waals surface area (Å²) < 4.78 is 0. The van der Waals surface area contributed by atoms with Gasteiger partial charge in [-0.25, -0.2) is 0 Å². The Kier molecular flexibility index (Phi) is 3.96. The van der Waals surface area contributed by atoms with Crippen LogP contribution < -0.4 is 10.2 Å². The van der Waals surface area contributed by atoms with Crippen molar-refractivity contribution in [1.82, 2.24) is 10.2 Å². The van der Waals surface area contributed by atoms with Crippen molar-refractivity contribution in [2.45, 2.75) is 12.3 Å². The van der Waals surface area contributed by atoms with Crippen molar-refractivity contribution in [3.05, 3.63) is 28.8 Å². The van der Waals surface area contributed by atoms with Crippen LogP contribution in [0.2, 0.25) is 5.02 Å². The molecule has 1 aromatic carbocycles. The van der Waals surface area contributed by atoms with Crippen molar-refractivity contribution < 1.29 is 0 Å². The van der Waals surface area contributed by atoms with Gasteiger partial charge in [-0.1, -0.05) is 17.7 Å². The molecule has 2 saturated heterocycles. The van der Waals surface area contributed by atoms with Crippen molar-refractivity contribution in [1.29, 1.82) is 0 Å². The quantitative estimate of drug-likeness (QED) is 0.895. The molecule has 2 aliphatic rings. The lowest BCUT2D eigenvalue weighted by atomic mass is 9.98. The molecule has 104 valence electrons. The Hall–Kier alpha value is -0.770. The van der Waals surface area contributed by atoms with Crippen LogP contribution >= 0.6 is 11.6 Å². The smallest absolute Gasteiger partial charge is 0.0642 e. The molecule has 3 rings (SSSR count). The molecule has 3 nitrogen and oxygen atoms in total. The second kappa shape index (κ2) is 5.70. The molecule has 1 N–H and O–H groups in total. The summed E-state index contributed by atoms with van der Waals surface area (Å²) in [6, 6.07) is 6.64. The van der Waals surface area contributed by atoms with Crippen molar-refractivity contribution >= 4 is 17.3 Å². The molecular formula is C15H22ClN3. The first-order valence-electron chi connectivity index (χ1n) is 7.18. The van der Waals surface area contributed by atoms with Crippen LogP contribution in [0.4, 0.5) is 5.69 Å². The third-order valence-electron chi connectivity index (χ3n) is 4.35. The lowest BCUT2D eigenvalue weighted by Gasteiger charge is -2.34. The van der Waals surface area contributed by atoms with Crippen LogP contribution in [0.25, 0.3) is 0 Å². The van der Waals surface area contributed by atoms with Crippen LogP contribution in [0.3, 0.4) is 0 Å². The molecule has 1 unspecified atom stereocenters. The number of nitrogens with zero attached hydrogens (tertiary/aromatic N) is 2. The fourth-order valence-corrected chi connectivity index (χ4v) is 3.33. The largest absolute Gasteiger partial charge is 0.368 e. The number of hydrogen-bond acceptors (Lipinski definition) is 3. The van der Waals surface area contributed by atoms with Gasteiger partial charge in [-0.15, -0.1) is 0 Å². The molecule has 0 aliphatic carbocycles. The first-order chi connectivity index (χ1) is 9.24. The van der Waals surface area contributed by atoms with Gasteiger partial charge < -0.3 is 15.1 Å². The average molecular weight is 280 g/mol. The molecule has 0 aromatic heterocycles. The number of hydrogen-bond donors (Lipinski definition) is 1. The predicted octanol–water partition coefficient (Wildman–Crippen LogP) is 2.17. The zero-order chi connectivity index (χ0) is 13.2. The fraction of sp³-hybridized carbons (Fsp3) is 0.600. The second-order valence-corrected chi connectivity index (χ2v) is 6.10. The average Bonchev–Trinajstić information content (AvgIpc) is 2.94. The van der Waals surface area contributed by atoms with Crippen molar-refractivity contribution in [2.75, 3.05) is 51.2 Å². The maximum Gasteiger partial charge on any atom is 0.0642 e. The number of rotatable bonds is 2. The molecule has 1 atom stereocenters. The van der Waals surface area contributed by atoms with E-state index in [-0.39, 0.29) is 0 Å². The standard InChI is InChI=1S/C15H22ClN3/c1-18-6-8-19(9-7-18)15-3-2-12(10-14(15)16)13-4-5-17-11-13/h2-3,10,13,17H,4-9,11H2,1H3. The van der Waals surface area contributed by atoms with Crippen molar-refractivity contribution in [3.63, 3.8) is 0 Å². The monoisotopic (exact) mass is 279 g/mol. The summed E-state index contributed by atoms with van der Waals surface area (Å²) in [4.78, 5) is 4.77. The zero-order valence-electron chi connectivity index (χ0n) is 11.5. The van der Waals surface area contributed by atoms with E-state index in [4.69, 9.17) is 11.6 Å². The number of halogens is 1. The minimum Gasteiger partial charge on any atom is -0.368 e. The number of anilines is 1. The highest BCUT2D eigenvalue weighted by molar-refractivity contribution is 6.33. The van der Waals surface area contributed by atoms with E-state index in [9.17, 15) is 0 Å². The summed E-state index contributed by atoms with van der Waals surface area (Å²) in [5.41, 5.74) is 2.58. The van der Waals surface area contributed by atoms with Crippen molar-refractivity contribution in [3.8, 4) is 0 Å². The number of nitrogens with one attached hydrogen (secondary N) is 1. The molecule has 0 spiro atoms. The summed E-state index contributed by atoms with van der Waals surface area (Å²) in [5.74, 6) is 0.638. The van der Waals surface area contributed by atoms with Gasteiger partial charge in [-0.3, -0.25) is 0 Å². The van der Waals surface area contributed by atoms with Crippen molar-refractivity contribution in [2.24, 2.45) is 0 Å². The number of likely N-dealkylation sites (N-methyl/N-ethyl adjacent to an activating group) is 1. The summed E-state index contributed by atoms with van der Waals surface area (Å²) in [6.45, 7) is 6.59. The molecule has 2 heterocycles. The molecular weight excluding hydrogens is 258 g/mol. The van der Waals surface area contributed by atoms with E-state index in [2.05, 4.69) is 40.4 Å². The van der Waals surface area contributed by atoms with Crippen LogP contribution in [0, 0.1) is 0 Å². The van der Waals surface area contributed by atoms with Gasteiger partial charge in [0.25, 0.3) is 0 Å². The van der Waals surface area contributed by atoms with E-state index in [1.165, 1.54) is 17.7 Å². The molecule has 0 saturated carbocycles. The van der Waals surface area contributed by atoms with E-state index in [1.54, 1.807) is 0 Å². The number of piperazine rings is 1. The van der Waals surface area contributed by atoms with Gasteiger partial charge in [0.15, 0.2) is 0 Å². The van der Waals surface area contributed by atoms with Crippen LogP contribution in [0.5, 0.6) is 0 Å². The van der Waals surface area contributed by atoms with E-state index in [1.807, 2.05) is 0 Å². The molecule has 0 radical (unpaired) electrons. The zero-order valence-corrected chi connectivity index (χ0v) is 12.3. The van der Waals surface area contributed by atoms with E-state index < -0.39 is 0 Å². The van der Waals surface area contributed by atoms with Gasteiger partial charge in [-0.05, 0) is 43.6 Å². The second-order valence-electron chi connectivity index (χ2n) is 5.69. The Bertz CT molecular complexity index is 435. The fourth-order valence-electron chi connectivity index (χ4n) is 3.02. The normalized spacial score (nSPS) is 24.9. The van der Waals surface area contributed by atoms with E-state index in [0.29, 0.717) is 5.92 Å².